The van der Waals surface area contributed by atoms with E-state index in [1.165, 1.54) is 0 Å². The number of aryl methyl sites for hydroxylation is 1. The molecule has 3 heteroatoms. The lowest BCUT2D eigenvalue weighted by Gasteiger charge is -2.12. The Bertz CT molecular complexity index is 583. The smallest absolute Gasteiger partial charge is 0.146 e. The predicted molar refractivity (Wildman–Crippen MR) is 84.7 cm³/mol. The van der Waals surface area contributed by atoms with Gasteiger partial charge in [0, 0.05) is 6.04 Å². The van der Waals surface area contributed by atoms with Crippen molar-refractivity contribution in [3.8, 4) is 11.5 Å². The van der Waals surface area contributed by atoms with Crippen molar-refractivity contribution < 1.29 is 4.74 Å². The second-order valence-electron chi connectivity index (χ2n) is 5.06. The van der Waals surface area contributed by atoms with Crippen LogP contribution in [0.25, 0.3) is 0 Å². The summed E-state index contributed by atoms with van der Waals surface area (Å²) in [5.74, 6) is 1.47. The Balaban J connectivity index is 2.13. The summed E-state index contributed by atoms with van der Waals surface area (Å²) in [7, 11) is 0. The average Bonchev–Trinajstić information content (AvgIpc) is 2.42. The number of ether oxygens (including phenoxy) is 1. The first-order chi connectivity index (χ1) is 9.58. The molecule has 2 aromatic carbocycles. The summed E-state index contributed by atoms with van der Waals surface area (Å²) in [5, 5.41) is 0.618. The summed E-state index contributed by atoms with van der Waals surface area (Å²) in [6.07, 6.45) is 1.79. The molecule has 0 radical (unpaired) electrons. The van der Waals surface area contributed by atoms with Crippen LogP contribution in [0.15, 0.2) is 42.5 Å². The fraction of sp³-hybridized carbons (Fsp3) is 0.294. The Morgan fingerprint density at radius 2 is 2.00 bits per heavy atom. The van der Waals surface area contributed by atoms with Gasteiger partial charge in [-0.25, -0.2) is 0 Å². The normalized spacial score (nSPS) is 12.2. The number of rotatable bonds is 5. The highest BCUT2D eigenvalue weighted by molar-refractivity contribution is 6.32. The van der Waals surface area contributed by atoms with E-state index in [2.05, 4.69) is 6.92 Å². The van der Waals surface area contributed by atoms with Gasteiger partial charge >= 0.3 is 0 Å². The van der Waals surface area contributed by atoms with Gasteiger partial charge in [0.2, 0.25) is 0 Å². The third-order valence-electron chi connectivity index (χ3n) is 3.24. The molecule has 0 aliphatic carbocycles. The van der Waals surface area contributed by atoms with Crippen LogP contribution in [0.2, 0.25) is 5.02 Å². The Morgan fingerprint density at radius 1 is 1.20 bits per heavy atom. The summed E-state index contributed by atoms with van der Waals surface area (Å²) in [5.41, 5.74) is 8.26. The fourth-order valence-electron chi connectivity index (χ4n) is 2.01. The fourth-order valence-corrected chi connectivity index (χ4v) is 2.25. The van der Waals surface area contributed by atoms with Crippen molar-refractivity contribution in [1.82, 2.24) is 0 Å². The molecule has 0 saturated heterocycles. The molecule has 106 valence electrons. The predicted octanol–water partition coefficient (Wildman–Crippen LogP) is 4.72. The van der Waals surface area contributed by atoms with Crippen molar-refractivity contribution in [3.05, 3.63) is 58.6 Å². The zero-order valence-electron chi connectivity index (χ0n) is 11.9. The first-order valence-electron chi connectivity index (χ1n) is 6.87. The quantitative estimate of drug-likeness (QED) is 0.864. The molecular weight excluding hydrogens is 270 g/mol. The van der Waals surface area contributed by atoms with Gasteiger partial charge in [0.05, 0.1) is 5.02 Å². The van der Waals surface area contributed by atoms with Crippen LogP contribution in [0.3, 0.4) is 0 Å². The van der Waals surface area contributed by atoms with E-state index in [1.807, 2.05) is 49.4 Å². The van der Waals surface area contributed by atoms with Crippen molar-refractivity contribution in [2.45, 2.75) is 32.7 Å². The number of nitrogens with two attached hydrogens (primary N) is 1. The molecule has 0 fully saturated rings. The lowest BCUT2D eigenvalue weighted by Crippen LogP contribution is -2.21. The van der Waals surface area contributed by atoms with Crippen LogP contribution in [0.4, 0.5) is 0 Å². The topological polar surface area (TPSA) is 35.2 Å². The molecule has 0 bridgehead atoms. The van der Waals surface area contributed by atoms with Gasteiger partial charge in [-0.15, -0.1) is 0 Å². The summed E-state index contributed by atoms with van der Waals surface area (Å²) in [6, 6.07) is 13.9. The molecule has 0 spiro atoms. The van der Waals surface area contributed by atoms with Crippen LogP contribution >= 0.6 is 11.6 Å². The van der Waals surface area contributed by atoms with Gasteiger partial charge in [0.15, 0.2) is 0 Å². The third-order valence-corrected chi connectivity index (χ3v) is 3.53. The van der Waals surface area contributed by atoms with Gasteiger partial charge in [-0.2, -0.15) is 0 Å². The van der Waals surface area contributed by atoms with Gasteiger partial charge in [-0.1, -0.05) is 36.7 Å². The van der Waals surface area contributed by atoms with Gasteiger partial charge < -0.3 is 10.5 Å². The number of halogens is 1. The Kier molecular flexibility index (Phi) is 5.05. The molecule has 0 aromatic heterocycles. The minimum atomic E-state index is 0.176. The molecule has 1 atom stereocenters. The molecule has 0 saturated carbocycles. The van der Waals surface area contributed by atoms with E-state index in [1.54, 1.807) is 0 Å². The van der Waals surface area contributed by atoms with Crippen molar-refractivity contribution in [3.63, 3.8) is 0 Å². The highest BCUT2D eigenvalue weighted by Crippen LogP contribution is 2.30. The molecule has 0 amide bonds. The first kappa shape index (κ1) is 14.9. The molecule has 1 unspecified atom stereocenters. The zero-order valence-corrected chi connectivity index (χ0v) is 12.7. The van der Waals surface area contributed by atoms with Crippen molar-refractivity contribution in [1.29, 1.82) is 0 Å². The Morgan fingerprint density at radius 3 is 2.65 bits per heavy atom. The van der Waals surface area contributed by atoms with Crippen LogP contribution in [0.1, 0.15) is 24.5 Å². The number of benzene rings is 2. The summed E-state index contributed by atoms with van der Waals surface area (Å²) in [6.45, 7) is 4.12. The molecular formula is C17H20ClNO. The monoisotopic (exact) mass is 289 g/mol. The van der Waals surface area contributed by atoms with E-state index >= 15 is 0 Å². The maximum absolute atomic E-state index is 6.28. The van der Waals surface area contributed by atoms with Gasteiger partial charge in [0.1, 0.15) is 11.5 Å². The lowest BCUT2D eigenvalue weighted by molar-refractivity contribution is 0.482. The van der Waals surface area contributed by atoms with Crippen LogP contribution < -0.4 is 10.5 Å². The van der Waals surface area contributed by atoms with Crippen LogP contribution in [0.5, 0.6) is 11.5 Å². The minimum absolute atomic E-state index is 0.176. The number of hydrogen-bond acceptors (Lipinski definition) is 2. The average molecular weight is 290 g/mol. The zero-order chi connectivity index (χ0) is 14.5. The molecule has 0 aliphatic rings. The molecule has 2 nitrogen and oxygen atoms in total. The summed E-state index contributed by atoms with van der Waals surface area (Å²) < 4.78 is 5.81. The summed E-state index contributed by atoms with van der Waals surface area (Å²) >= 11 is 6.28. The molecule has 0 heterocycles. The maximum atomic E-state index is 6.28. The third kappa shape index (κ3) is 3.99. The van der Waals surface area contributed by atoms with Crippen LogP contribution in [-0.4, -0.2) is 6.04 Å². The summed E-state index contributed by atoms with van der Waals surface area (Å²) in [4.78, 5) is 0. The lowest BCUT2D eigenvalue weighted by atomic mass is 10.0. The molecule has 2 N–H and O–H groups in total. The molecule has 0 aliphatic heterocycles. The SMILES string of the molecule is CCC(N)Cc1ccc(Oc2cccc(C)c2)c(Cl)c1. The van der Waals surface area contributed by atoms with Gasteiger partial charge in [-0.05, 0) is 55.2 Å². The van der Waals surface area contributed by atoms with E-state index in [0.717, 1.165) is 29.7 Å². The Hall–Kier alpha value is -1.51. The first-order valence-corrected chi connectivity index (χ1v) is 7.25. The molecule has 20 heavy (non-hydrogen) atoms. The van der Waals surface area contributed by atoms with Crippen molar-refractivity contribution in [2.24, 2.45) is 5.73 Å². The van der Waals surface area contributed by atoms with Crippen molar-refractivity contribution >= 4 is 11.6 Å². The van der Waals surface area contributed by atoms with Crippen LogP contribution in [0, 0.1) is 6.92 Å². The number of hydrogen-bond donors (Lipinski definition) is 1. The van der Waals surface area contributed by atoms with Gasteiger partial charge in [-0.3, -0.25) is 0 Å². The standard InChI is InChI=1S/C17H20ClNO/c1-3-14(19)10-13-7-8-17(16(18)11-13)20-15-6-4-5-12(2)9-15/h4-9,11,14H,3,10,19H2,1-2H3. The maximum Gasteiger partial charge on any atom is 0.146 e. The van der Waals surface area contributed by atoms with E-state index in [0.29, 0.717) is 10.8 Å². The second kappa shape index (κ2) is 6.78. The molecule has 2 aromatic rings. The van der Waals surface area contributed by atoms with Crippen molar-refractivity contribution in [2.75, 3.05) is 0 Å². The van der Waals surface area contributed by atoms with E-state index in [-0.39, 0.29) is 6.04 Å². The van der Waals surface area contributed by atoms with Gasteiger partial charge in [0.25, 0.3) is 0 Å². The second-order valence-corrected chi connectivity index (χ2v) is 5.46. The van der Waals surface area contributed by atoms with E-state index in [4.69, 9.17) is 22.1 Å². The molecule has 2 rings (SSSR count). The highest BCUT2D eigenvalue weighted by Gasteiger charge is 2.07. The Labute approximate surface area is 125 Å². The van der Waals surface area contributed by atoms with E-state index in [9.17, 15) is 0 Å². The van der Waals surface area contributed by atoms with E-state index < -0.39 is 0 Å². The highest BCUT2D eigenvalue weighted by atomic mass is 35.5. The van der Waals surface area contributed by atoms with Crippen LogP contribution in [-0.2, 0) is 6.42 Å². The largest absolute Gasteiger partial charge is 0.456 e. The minimum Gasteiger partial charge on any atom is -0.456 e.